The van der Waals surface area contributed by atoms with E-state index >= 15 is 0 Å². The van der Waals surface area contributed by atoms with Gasteiger partial charge in [-0.2, -0.15) is 0 Å². The lowest BCUT2D eigenvalue weighted by atomic mass is 9.89. The highest BCUT2D eigenvalue weighted by molar-refractivity contribution is 6.33. The van der Waals surface area contributed by atoms with E-state index in [-0.39, 0.29) is 50.7 Å². The molecule has 0 radical (unpaired) electrons. The Hall–Kier alpha value is -6.16. The SMILES string of the molecule is N=C(N)NCCC[C@@H](NC(=O)[C@H]1Cc2ccc(-c3ccc(Cl)cc3)cc2-c2cc(ccc2Cl)-c2ccc(cc2)C[C@@H](N)C(=O)N[C@H](CCCNC(=N)N)C(=O)N1)C(N)=O. The van der Waals surface area contributed by atoms with E-state index < -0.39 is 47.8 Å². The fourth-order valence-electron chi connectivity index (χ4n) is 6.78. The first kappa shape index (κ1) is 44.0. The number of benzene rings is 4. The average Bonchev–Trinajstić information content (AvgIpc) is 3.20. The molecular weight excluding hydrogens is 793 g/mol. The zero-order valence-corrected chi connectivity index (χ0v) is 33.8. The summed E-state index contributed by atoms with van der Waals surface area (Å²) < 4.78 is 0. The molecule has 4 aromatic carbocycles. The summed E-state index contributed by atoms with van der Waals surface area (Å²) in [6, 6.07) is 21.8. The summed E-state index contributed by atoms with van der Waals surface area (Å²) in [5, 5.41) is 29.6. The Balaban J connectivity index is 1.63. The summed E-state index contributed by atoms with van der Waals surface area (Å²) >= 11 is 13.2. The highest BCUT2D eigenvalue weighted by Crippen LogP contribution is 2.38. The third-order valence-electron chi connectivity index (χ3n) is 9.94. The van der Waals surface area contributed by atoms with Gasteiger partial charge in [-0.3, -0.25) is 30.0 Å². The average molecular weight is 843 g/mol. The number of hydrogen-bond acceptors (Lipinski definition) is 7. The van der Waals surface area contributed by atoms with Crippen molar-refractivity contribution in [2.24, 2.45) is 22.9 Å². The molecule has 4 atom stereocenters. The molecule has 17 heteroatoms. The van der Waals surface area contributed by atoms with Crippen LogP contribution >= 0.6 is 23.2 Å². The lowest BCUT2D eigenvalue weighted by molar-refractivity contribution is -0.133. The van der Waals surface area contributed by atoms with Crippen LogP contribution in [0.5, 0.6) is 0 Å². The van der Waals surface area contributed by atoms with Gasteiger partial charge in [0.2, 0.25) is 23.6 Å². The predicted molar refractivity (Wildman–Crippen MR) is 231 cm³/mol. The molecule has 0 unspecified atom stereocenters. The van der Waals surface area contributed by atoms with Crippen LogP contribution in [0.4, 0.5) is 0 Å². The van der Waals surface area contributed by atoms with E-state index in [2.05, 4.69) is 26.6 Å². The van der Waals surface area contributed by atoms with Gasteiger partial charge in [0.1, 0.15) is 18.1 Å². The number of fused-ring (bicyclic) bond motifs is 10. The molecule has 59 heavy (non-hydrogen) atoms. The molecule has 4 bridgehead atoms. The maximum absolute atomic E-state index is 14.3. The van der Waals surface area contributed by atoms with Crippen molar-refractivity contribution in [3.8, 4) is 33.4 Å². The molecule has 0 aromatic heterocycles. The van der Waals surface area contributed by atoms with Gasteiger partial charge >= 0.3 is 0 Å². The minimum Gasteiger partial charge on any atom is -0.370 e. The number of nitrogens with one attached hydrogen (secondary N) is 7. The van der Waals surface area contributed by atoms with Gasteiger partial charge < -0.3 is 49.5 Å². The number of primary amides is 1. The molecule has 4 aromatic rings. The zero-order chi connectivity index (χ0) is 42.6. The molecule has 15 nitrogen and oxygen atoms in total. The second kappa shape index (κ2) is 20.5. The summed E-state index contributed by atoms with van der Waals surface area (Å²) in [5.74, 6) is -3.26. The summed E-state index contributed by atoms with van der Waals surface area (Å²) in [6.07, 6.45) is 0.971. The van der Waals surface area contributed by atoms with E-state index in [0.29, 0.717) is 39.6 Å². The monoisotopic (exact) mass is 841 g/mol. The highest BCUT2D eigenvalue weighted by atomic mass is 35.5. The lowest BCUT2D eigenvalue weighted by Gasteiger charge is -2.27. The van der Waals surface area contributed by atoms with Crippen LogP contribution in [-0.2, 0) is 32.0 Å². The Kier molecular flexibility index (Phi) is 15.3. The number of hydrogen-bond donors (Lipinski definition) is 11. The van der Waals surface area contributed by atoms with Crippen LogP contribution in [0.25, 0.3) is 33.4 Å². The molecule has 6 rings (SSSR count). The van der Waals surface area contributed by atoms with E-state index in [1.807, 2.05) is 66.7 Å². The zero-order valence-electron chi connectivity index (χ0n) is 32.2. The number of rotatable bonds is 12. The Bertz CT molecular complexity index is 2180. The van der Waals surface area contributed by atoms with Crippen molar-refractivity contribution < 1.29 is 19.2 Å². The molecule has 0 spiro atoms. The van der Waals surface area contributed by atoms with Gasteiger partial charge in [-0.25, -0.2) is 0 Å². The summed E-state index contributed by atoms with van der Waals surface area (Å²) in [5.41, 5.74) is 29.2. The lowest BCUT2D eigenvalue weighted by Crippen LogP contribution is -2.58. The van der Waals surface area contributed by atoms with Gasteiger partial charge in [0.05, 0.1) is 6.04 Å². The van der Waals surface area contributed by atoms with Gasteiger partial charge in [-0.15, -0.1) is 0 Å². The first-order valence-electron chi connectivity index (χ1n) is 19.1. The first-order valence-corrected chi connectivity index (χ1v) is 19.8. The van der Waals surface area contributed by atoms with E-state index in [9.17, 15) is 19.2 Å². The van der Waals surface area contributed by atoms with Crippen LogP contribution in [0.1, 0.15) is 36.8 Å². The summed E-state index contributed by atoms with van der Waals surface area (Å²) in [6.45, 7) is 0.490. The first-order chi connectivity index (χ1) is 28.2. The van der Waals surface area contributed by atoms with Gasteiger partial charge in [0.15, 0.2) is 11.9 Å². The summed E-state index contributed by atoms with van der Waals surface area (Å²) in [7, 11) is 0. The van der Waals surface area contributed by atoms with Crippen LogP contribution in [0.2, 0.25) is 10.0 Å². The fourth-order valence-corrected chi connectivity index (χ4v) is 7.13. The van der Waals surface area contributed by atoms with Crippen LogP contribution in [0, 0.1) is 10.8 Å². The molecule has 0 aliphatic carbocycles. The normalized spacial score (nSPS) is 17.2. The Morgan fingerprint density at radius 3 is 1.93 bits per heavy atom. The van der Waals surface area contributed by atoms with Gasteiger partial charge in [-0.1, -0.05) is 77.8 Å². The maximum atomic E-state index is 14.3. The van der Waals surface area contributed by atoms with E-state index in [1.165, 1.54) is 0 Å². The summed E-state index contributed by atoms with van der Waals surface area (Å²) in [4.78, 5) is 54.7. The molecule has 0 fully saturated rings. The third-order valence-corrected chi connectivity index (χ3v) is 10.5. The molecule has 15 N–H and O–H groups in total. The minimum absolute atomic E-state index is 0.0769. The number of carbonyl (C=O) groups is 4. The fraction of sp³-hybridized carbons (Fsp3) is 0.286. The largest absolute Gasteiger partial charge is 0.370 e. The predicted octanol–water partition coefficient (Wildman–Crippen LogP) is 2.89. The molecule has 4 amide bonds. The van der Waals surface area contributed by atoms with Crippen molar-refractivity contribution in [1.82, 2.24) is 26.6 Å². The Labute approximate surface area is 352 Å². The van der Waals surface area contributed by atoms with Gasteiger partial charge in [-0.05, 0) is 101 Å². The molecular formula is C42H49Cl2N11O4. The second-order valence-electron chi connectivity index (χ2n) is 14.3. The van der Waals surface area contributed by atoms with E-state index in [4.69, 9.17) is 57.0 Å². The van der Waals surface area contributed by atoms with Crippen LogP contribution in [0.3, 0.4) is 0 Å². The van der Waals surface area contributed by atoms with Crippen molar-refractivity contribution in [2.45, 2.75) is 62.7 Å². The van der Waals surface area contributed by atoms with Crippen molar-refractivity contribution >= 4 is 58.7 Å². The molecule has 2 aliphatic heterocycles. The van der Waals surface area contributed by atoms with Gasteiger partial charge in [0.25, 0.3) is 0 Å². The van der Waals surface area contributed by atoms with E-state index in [1.54, 1.807) is 18.2 Å². The van der Waals surface area contributed by atoms with Crippen molar-refractivity contribution in [3.05, 3.63) is 106 Å². The Morgan fingerprint density at radius 2 is 1.31 bits per heavy atom. The topological polar surface area (TPSA) is 280 Å². The van der Waals surface area contributed by atoms with Crippen molar-refractivity contribution in [2.75, 3.05) is 13.1 Å². The van der Waals surface area contributed by atoms with Gasteiger partial charge in [0, 0.05) is 35.1 Å². The van der Waals surface area contributed by atoms with Crippen molar-refractivity contribution in [1.29, 1.82) is 10.8 Å². The molecule has 310 valence electrons. The number of halogens is 2. The van der Waals surface area contributed by atoms with Crippen LogP contribution in [0.15, 0.2) is 84.9 Å². The standard InChI is InChI=1S/C42H49Cl2N11O4/c43-29-14-11-25(12-15-29)26-9-10-28-22-36(40(59)53-34(37(46)56)3-1-17-51-41(47)48)55-39(58)35(4-2-18-52-42(49)50)54-38(57)33(45)19-23-5-7-24(8-6-23)27-13-16-32(44)31(21-27)30(28)20-26/h5-16,20-21,33-36H,1-4,17-19,22,45H2,(H2,46,56)(H,53,59)(H,54,57)(H,55,58)(H4,47,48,51)(H4,49,50,52)/t33-,34-,35-,36-/m1/s1. The van der Waals surface area contributed by atoms with Crippen molar-refractivity contribution in [3.63, 3.8) is 0 Å². The molecule has 0 saturated carbocycles. The van der Waals surface area contributed by atoms with Crippen LogP contribution < -0.4 is 49.5 Å². The second-order valence-corrected chi connectivity index (χ2v) is 15.2. The number of nitrogens with two attached hydrogens (primary N) is 4. The number of carbonyl (C=O) groups excluding carboxylic acids is 4. The maximum Gasteiger partial charge on any atom is 0.243 e. The van der Waals surface area contributed by atoms with E-state index in [0.717, 1.165) is 27.8 Å². The number of amides is 4. The number of guanidine groups is 2. The molecule has 2 heterocycles. The Morgan fingerprint density at radius 1 is 0.729 bits per heavy atom. The third kappa shape index (κ3) is 12.4. The van der Waals surface area contributed by atoms with Crippen LogP contribution in [-0.4, -0.2) is 72.8 Å². The highest BCUT2D eigenvalue weighted by Gasteiger charge is 2.31. The molecule has 0 saturated heterocycles. The quantitative estimate of drug-likeness (QED) is 0.0568. The smallest absolute Gasteiger partial charge is 0.243 e. The molecule has 2 aliphatic rings. The minimum atomic E-state index is -1.30.